The number of nitrogens with one attached hydrogen (secondary N) is 1. The van der Waals surface area contributed by atoms with Gasteiger partial charge in [0.25, 0.3) is 5.56 Å². The van der Waals surface area contributed by atoms with Crippen LogP contribution in [-0.4, -0.2) is 34.4 Å². The number of hydrogen-bond acceptors (Lipinski definition) is 2. The summed E-state index contributed by atoms with van der Waals surface area (Å²) in [6, 6.07) is 5.34. The van der Waals surface area contributed by atoms with Gasteiger partial charge in [-0.1, -0.05) is 6.07 Å². The van der Waals surface area contributed by atoms with Crippen LogP contribution in [-0.2, 0) is 6.42 Å². The molecule has 1 unspecified atom stereocenters. The van der Waals surface area contributed by atoms with E-state index in [2.05, 4.69) is 16.9 Å². The molecular weight excluding hydrogens is 226 g/mol. The molecule has 3 rings (SSSR count). The van der Waals surface area contributed by atoms with Gasteiger partial charge in [-0.3, -0.25) is 9.20 Å². The normalized spacial score (nSPS) is 21.5. The highest BCUT2D eigenvalue weighted by atomic mass is 16.1. The van der Waals surface area contributed by atoms with Crippen LogP contribution in [0.25, 0.3) is 5.65 Å². The molecule has 1 aliphatic heterocycles. The van der Waals surface area contributed by atoms with Gasteiger partial charge < -0.3 is 9.88 Å². The molecule has 4 nitrogen and oxygen atoms in total. The van der Waals surface area contributed by atoms with Crippen LogP contribution in [0.1, 0.15) is 18.5 Å². The number of piperidine rings is 1. The van der Waals surface area contributed by atoms with Crippen LogP contribution in [0.15, 0.2) is 29.2 Å². The topological polar surface area (TPSA) is 40.5 Å². The Morgan fingerprint density at radius 1 is 1.44 bits per heavy atom. The van der Waals surface area contributed by atoms with Crippen LogP contribution in [0.2, 0.25) is 0 Å². The van der Waals surface area contributed by atoms with E-state index in [1.54, 1.807) is 16.5 Å². The maximum absolute atomic E-state index is 11.7. The van der Waals surface area contributed by atoms with E-state index < -0.39 is 0 Å². The van der Waals surface area contributed by atoms with Gasteiger partial charge in [0.2, 0.25) is 0 Å². The van der Waals surface area contributed by atoms with Crippen LogP contribution in [0, 0.1) is 5.92 Å². The number of fused-ring (bicyclic) bond motifs is 1. The van der Waals surface area contributed by atoms with Crippen molar-refractivity contribution in [1.29, 1.82) is 0 Å². The maximum atomic E-state index is 11.7. The van der Waals surface area contributed by atoms with Crippen molar-refractivity contribution in [3.8, 4) is 0 Å². The number of rotatable bonds is 2. The maximum Gasteiger partial charge on any atom is 0.256 e. The summed E-state index contributed by atoms with van der Waals surface area (Å²) in [6.07, 6.45) is 5.55. The Morgan fingerprint density at radius 2 is 2.33 bits per heavy atom. The van der Waals surface area contributed by atoms with E-state index in [0.29, 0.717) is 5.92 Å². The lowest BCUT2D eigenvalue weighted by atomic mass is 9.94. The SMILES string of the molecule is CN1CCCC(Cc2cn3c(=O)cccc3[nH]2)C1. The number of aromatic amines is 1. The van der Waals surface area contributed by atoms with E-state index in [9.17, 15) is 4.79 Å². The Morgan fingerprint density at radius 3 is 3.11 bits per heavy atom. The van der Waals surface area contributed by atoms with E-state index in [1.165, 1.54) is 25.1 Å². The molecule has 1 aliphatic rings. The number of likely N-dealkylation sites (tertiary alicyclic amines) is 1. The predicted molar refractivity (Wildman–Crippen MR) is 71.9 cm³/mol. The number of pyridine rings is 1. The summed E-state index contributed by atoms with van der Waals surface area (Å²) in [7, 11) is 2.18. The summed E-state index contributed by atoms with van der Waals surface area (Å²) in [4.78, 5) is 17.4. The zero-order valence-electron chi connectivity index (χ0n) is 10.7. The Labute approximate surface area is 106 Å². The zero-order chi connectivity index (χ0) is 12.5. The monoisotopic (exact) mass is 245 g/mol. The van der Waals surface area contributed by atoms with Crippen molar-refractivity contribution < 1.29 is 0 Å². The number of hydrogen-bond donors (Lipinski definition) is 1. The third kappa shape index (κ3) is 2.20. The summed E-state index contributed by atoms with van der Waals surface area (Å²) in [5.74, 6) is 0.701. The fourth-order valence-corrected chi connectivity index (χ4v) is 2.94. The van der Waals surface area contributed by atoms with Gasteiger partial charge in [0, 0.05) is 24.5 Å². The summed E-state index contributed by atoms with van der Waals surface area (Å²) in [5.41, 5.74) is 2.09. The average Bonchev–Trinajstić information content (AvgIpc) is 2.73. The Balaban J connectivity index is 1.82. The molecule has 1 N–H and O–H groups in total. The molecule has 96 valence electrons. The highest BCUT2D eigenvalue weighted by molar-refractivity contribution is 5.39. The van der Waals surface area contributed by atoms with Gasteiger partial charge in [0.1, 0.15) is 5.65 Å². The standard InChI is InChI=1S/C14H19N3O/c1-16-7-3-4-11(9-16)8-12-10-17-13(15-12)5-2-6-14(17)18/h2,5-6,10-11,15H,3-4,7-9H2,1H3. The fourth-order valence-electron chi connectivity index (χ4n) is 2.94. The molecular formula is C14H19N3O. The lowest BCUT2D eigenvalue weighted by Crippen LogP contribution is -2.33. The summed E-state index contributed by atoms with van der Waals surface area (Å²) in [6.45, 7) is 2.37. The van der Waals surface area contributed by atoms with Gasteiger partial charge in [-0.2, -0.15) is 0 Å². The smallest absolute Gasteiger partial charge is 0.256 e. The second-order valence-corrected chi connectivity index (χ2v) is 5.37. The minimum Gasteiger partial charge on any atom is -0.343 e. The highest BCUT2D eigenvalue weighted by Gasteiger charge is 2.18. The van der Waals surface area contributed by atoms with E-state index >= 15 is 0 Å². The number of nitrogens with zero attached hydrogens (tertiary/aromatic N) is 2. The third-order valence-electron chi connectivity index (χ3n) is 3.79. The Bertz CT molecular complexity index is 598. The molecule has 3 heterocycles. The lowest BCUT2D eigenvalue weighted by molar-refractivity contribution is 0.208. The van der Waals surface area contributed by atoms with Crippen molar-refractivity contribution in [1.82, 2.24) is 14.3 Å². The first-order valence-electron chi connectivity index (χ1n) is 6.60. The minimum atomic E-state index is 0.0377. The predicted octanol–water partition coefficient (Wildman–Crippen LogP) is 1.51. The summed E-state index contributed by atoms with van der Waals surface area (Å²) >= 11 is 0. The number of H-pyrrole nitrogens is 1. The molecule has 0 radical (unpaired) electrons. The molecule has 0 amide bonds. The molecule has 0 saturated carbocycles. The van der Waals surface area contributed by atoms with Crippen LogP contribution in [0.3, 0.4) is 0 Å². The highest BCUT2D eigenvalue weighted by Crippen LogP contribution is 2.19. The van der Waals surface area contributed by atoms with Crippen LogP contribution >= 0.6 is 0 Å². The second kappa shape index (κ2) is 4.61. The molecule has 1 fully saturated rings. The molecule has 18 heavy (non-hydrogen) atoms. The van der Waals surface area contributed by atoms with E-state index in [1.807, 2.05) is 12.3 Å². The van der Waals surface area contributed by atoms with Gasteiger partial charge in [0.05, 0.1) is 0 Å². The van der Waals surface area contributed by atoms with Gasteiger partial charge in [0.15, 0.2) is 0 Å². The van der Waals surface area contributed by atoms with Crippen LogP contribution in [0.5, 0.6) is 0 Å². The van der Waals surface area contributed by atoms with Gasteiger partial charge in [-0.15, -0.1) is 0 Å². The van der Waals surface area contributed by atoms with Crippen molar-refractivity contribution in [2.75, 3.05) is 20.1 Å². The van der Waals surface area contributed by atoms with Gasteiger partial charge in [-0.05, 0) is 44.8 Å². The van der Waals surface area contributed by atoms with E-state index in [0.717, 1.165) is 18.6 Å². The van der Waals surface area contributed by atoms with Crippen molar-refractivity contribution in [3.05, 3.63) is 40.4 Å². The van der Waals surface area contributed by atoms with Crippen molar-refractivity contribution in [3.63, 3.8) is 0 Å². The summed E-state index contributed by atoms with van der Waals surface area (Å²) in [5, 5.41) is 0. The largest absolute Gasteiger partial charge is 0.343 e. The first kappa shape index (κ1) is 11.5. The lowest BCUT2D eigenvalue weighted by Gasteiger charge is -2.29. The molecule has 0 aromatic carbocycles. The molecule has 0 spiro atoms. The molecule has 0 bridgehead atoms. The zero-order valence-corrected chi connectivity index (χ0v) is 10.7. The summed E-state index contributed by atoms with van der Waals surface area (Å²) < 4.78 is 1.70. The van der Waals surface area contributed by atoms with E-state index in [-0.39, 0.29) is 5.56 Å². The second-order valence-electron chi connectivity index (χ2n) is 5.37. The number of aromatic nitrogens is 2. The Hall–Kier alpha value is -1.55. The van der Waals surface area contributed by atoms with Crippen molar-refractivity contribution in [2.45, 2.75) is 19.3 Å². The first-order valence-corrected chi connectivity index (χ1v) is 6.60. The number of imidazole rings is 1. The molecule has 1 saturated heterocycles. The Kier molecular flexibility index (Phi) is 2.96. The third-order valence-corrected chi connectivity index (χ3v) is 3.79. The van der Waals surface area contributed by atoms with Crippen LogP contribution < -0.4 is 5.56 Å². The van der Waals surface area contributed by atoms with Crippen LogP contribution in [0.4, 0.5) is 0 Å². The minimum absolute atomic E-state index is 0.0377. The van der Waals surface area contributed by atoms with Gasteiger partial charge in [-0.25, -0.2) is 0 Å². The fraction of sp³-hybridized carbons (Fsp3) is 0.500. The van der Waals surface area contributed by atoms with E-state index in [4.69, 9.17) is 0 Å². The molecule has 0 aliphatic carbocycles. The molecule has 4 heteroatoms. The first-order chi connectivity index (χ1) is 8.72. The molecule has 1 atom stereocenters. The average molecular weight is 245 g/mol. The molecule has 2 aromatic rings. The molecule has 2 aromatic heterocycles. The quantitative estimate of drug-likeness (QED) is 0.871. The van der Waals surface area contributed by atoms with Gasteiger partial charge >= 0.3 is 0 Å². The van der Waals surface area contributed by atoms with Crippen molar-refractivity contribution >= 4 is 5.65 Å². The van der Waals surface area contributed by atoms with Crippen molar-refractivity contribution in [2.24, 2.45) is 5.92 Å².